The zero-order valence-corrected chi connectivity index (χ0v) is 26.1. The predicted molar refractivity (Wildman–Crippen MR) is 160 cm³/mol. The minimum atomic E-state index is -1.66. The molecule has 1 unspecified atom stereocenters. The van der Waals surface area contributed by atoms with Gasteiger partial charge in [0.25, 0.3) is 0 Å². The van der Waals surface area contributed by atoms with Crippen molar-refractivity contribution >= 4 is 35.9 Å². The van der Waals surface area contributed by atoms with Crippen molar-refractivity contribution in [3.05, 3.63) is 59.7 Å². The summed E-state index contributed by atoms with van der Waals surface area (Å²) >= 11 is 0. The third kappa shape index (κ3) is 8.83. The highest BCUT2D eigenvalue weighted by atomic mass is 16.7. The molecule has 1 aliphatic carbocycles. The van der Waals surface area contributed by atoms with Crippen LogP contribution in [-0.4, -0.2) is 97.5 Å². The molecule has 47 heavy (non-hydrogen) atoms. The monoisotopic (exact) mass is 656 g/mol. The summed E-state index contributed by atoms with van der Waals surface area (Å²) in [6.07, 6.45) is -6.58. The number of amides is 2. The fraction of sp³-hybridized carbons (Fsp3) is 0.438. The predicted octanol–water partition coefficient (Wildman–Crippen LogP) is 1.65. The lowest BCUT2D eigenvalue weighted by atomic mass is 9.96. The molecule has 2 aromatic rings. The van der Waals surface area contributed by atoms with Crippen LogP contribution in [0, 0.1) is 0 Å². The summed E-state index contributed by atoms with van der Waals surface area (Å²) in [5.41, 5.74) is 3.97. The van der Waals surface area contributed by atoms with Crippen LogP contribution in [0.25, 0.3) is 11.1 Å². The number of aliphatic carboxylic acids is 1. The second-order valence-corrected chi connectivity index (χ2v) is 10.9. The topological polar surface area (TPSA) is 202 Å². The van der Waals surface area contributed by atoms with Gasteiger partial charge in [-0.05, 0) is 22.3 Å². The van der Waals surface area contributed by atoms with Gasteiger partial charge in [0.1, 0.15) is 25.4 Å². The number of alkyl carbamates (subject to hydrolysis) is 1. The summed E-state index contributed by atoms with van der Waals surface area (Å²) in [7, 11) is 0. The molecular formula is C32H36N2O13. The molecule has 15 nitrogen and oxygen atoms in total. The highest BCUT2D eigenvalue weighted by molar-refractivity contribution is 5.81. The number of rotatable bonds is 12. The number of ether oxygens (including phenoxy) is 6. The molecule has 252 valence electrons. The molecule has 15 heteroatoms. The summed E-state index contributed by atoms with van der Waals surface area (Å²) in [6.45, 7) is 3.23. The third-order valence-electron chi connectivity index (χ3n) is 7.43. The van der Waals surface area contributed by atoms with Crippen LogP contribution in [-0.2, 0) is 52.4 Å². The molecule has 2 aliphatic rings. The molecule has 2 aromatic carbocycles. The molecule has 1 saturated heterocycles. The molecule has 1 fully saturated rings. The first kappa shape index (κ1) is 34.8. The second kappa shape index (κ2) is 15.5. The molecule has 4 rings (SSSR count). The highest BCUT2D eigenvalue weighted by Crippen LogP contribution is 2.44. The molecule has 0 radical (unpaired) electrons. The van der Waals surface area contributed by atoms with Crippen molar-refractivity contribution in [3.8, 4) is 11.1 Å². The lowest BCUT2D eigenvalue weighted by molar-refractivity contribution is -0.278. The first-order chi connectivity index (χ1) is 22.3. The van der Waals surface area contributed by atoms with E-state index in [0.717, 1.165) is 49.9 Å². The Hall–Kier alpha value is -5.02. The van der Waals surface area contributed by atoms with Gasteiger partial charge >= 0.3 is 30.0 Å². The Balaban J connectivity index is 1.48. The van der Waals surface area contributed by atoms with E-state index in [0.29, 0.717) is 0 Å². The van der Waals surface area contributed by atoms with Crippen molar-refractivity contribution < 1.29 is 62.3 Å². The van der Waals surface area contributed by atoms with E-state index in [2.05, 4.69) is 10.6 Å². The molecular weight excluding hydrogens is 620 g/mol. The second-order valence-electron chi connectivity index (χ2n) is 10.9. The fourth-order valence-electron chi connectivity index (χ4n) is 5.58. The zero-order valence-electron chi connectivity index (χ0n) is 26.1. The van der Waals surface area contributed by atoms with Crippen molar-refractivity contribution in [2.75, 3.05) is 19.8 Å². The van der Waals surface area contributed by atoms with Crippen LogP contribution in [0.1, 0.15) is 44.7 Å². The Morgan fingerprint density at radius 2 is 1.36 bits per heavy atom. The maximum atomic E-state index is 12.8. The van der Waals surface area contributed by atoms with E-state index < -0.39 is 85.8 Å². The normalized spacial score (nSPS) is 22.1. The smallest absolute Gasteiger partial charge is 0.407 e. The summed E-state index contributed by atoms with van der Waals surface area (Å²) in [5.74, 6) is -4.65. The van der Waals surface area contributed by atoms with E-state index in [-0.39, 0.29) is 12.5 Å². The molecule has 2 amide bonds. The lowest BCUT2D eigenvalue weighted by Gasteiger charge is -2.45. The van der Waals surface area contributed by atoms with Crippen LogP contribution in [0.4, 0.5) is 4.79 Å². The summed E-state index contributed by atoms with van der Waals surface area (Å²) in [6, 6.07) is 12.5. The number of hydrogen-bond donors (Lipinski definition) is 3. The zero-order chi connectivity index (χ0) is 34.2. The van der Waals surface area contributed by atoms with Gasteiger partial charge < -0.3 is 44.2 Å². The van der Waals surface area contributed by atoms with Gasteiger partial charge in [0.15, 0.2) is 24.5 Å². The SMILES string of the molecule is CC(=O)N[C@H]1[C@@H](OCC(NC(=O)OCC2c3ccccc3-c3ccccc32)C(=O)O)O[C@H](COC(C)=O)[C@H](OC(C)=O)[C@@H]1OC(C)=O. The number of benzene rings is 2. The van der Waals surface area contributed by atoms with Crippen LogP contribution < -0.4 is 10.6 Å². The van der Waals surface area contributed by atoms with Gasteiger partial charge in [-0.15, -0.1) is 0 Å². The first-order valence-electron chi connectivity index (χ1n) is 14.7. The van der Waals surface area contributed by atoms with Gasteiger partial charge in [-0.1, -0.05) is 48.5 Å². The molecule has 0 bridgehead atoms. The van der Waals surface area contributed by atoms with Gasteiger partial charge in [0.05, 0.1) is 6.61 Å². The fourth-order valence-corrected chi connectivity index (χ4v) is 5.58. The number of nitrogens with one attached hydrogen (secondary N) is 2. The molecule has 6 atom stereocenters. The van der Waals surface area contributed by atoms with Crippen molar-refractivity contribution in [2.45, 2.75) is 70.3 Å². The minimum Gasteiger partial charge on any atom is -0.480 e. The number of carbonyl (C=O) groups is 6. The van der Waals surface area contributed by atoms with Gasteiger partial charge in [-0.3, -0.25) is 19.2 Å². The Bertz CT molecular complexity index is 1470. The van der Waals surface area contributed by atoms with E-state index in [9.17, 15) is 33.9 Å². The molecule has 1 heterocycles. The Morgan fingerprint density at radius 3 is 1.89 bits per heavy atom. The lowest BCUT2D eigenvalue weighted by Crippen LogP contribution is -2.67. The van der Waals surface area contributed by atoms with Crippen molar-refractivity contribution in [1.29, 1.82) is 0 Å². The number of carboxylic acid groups (broad SMARTS) is 1. The van der Waals surface area contributed by atoms with Crippen LogP contribution >= 0.6 is 0 Å². The highest BCUT2D eigenvalue weighted by Gasteiger charge is 2.51. The Morgan fingerprint density at radius 1 is 0.787 bits per heavy atom. The number of hydrogen-bond acceptors (Lipinski definition) is 12. The summed E-state index contributed by atoms with van der Waals surface area (Å²) in [4.78, 5) is 72.6. The van der Waals surface area contributed by atoms with Gasteiger partial charge in [-0.25, -0.2) is 9.59 Å². The third-order valence-corrected chi connectivity index (χ3v) is 7.43. The molecule has 0 saturated carbocycles. The summed E-state index contributed by atoms with van der Waals surface area (Å²) < 4.78 is 32.8. The van der Waals surface area contributed by atoms with Gasteiger partial charge in [0.2, 0.25) is 5.91 Å². The largest absolute Gasteiger partial charge is 0.480 e. The Labute approximate surface area is 269 Å². The van der Waals surface area contributed by atoms with Crippen LogP contribution in [0.15, 0.2) is 48.5 Å². The van der Waals surface area contributed by atoms with Gasteiger partial charge in [-0.2, -0.15) is 0 Å². The van der Waals surface area contributed by atoms with E-state index in [4.69, 9.17) is 28.4 Å². The first-order valence-corrected chi connectivity index (χ1v) is 14.7. The van der Waals surface area contributed by atoms with E-state index >= 15 is 0 Å². The average Bonchev–Trinajstić information content (AvgIpc) is 3.32. The standard InChI is InChI=1S/C32H36N2O13/c1-16(35)33-27-29(46-19(4)38)28(45-18(3)37)26(15-42-17(2)36)47-31(27)43-14-25(30(39)40)34-32(41)44-13-24-22-11-7-5-9-20(22)21-10-6-8-12-23(21)24/h5-12,24-29,31H,13-15H2,1-4H3,(H,33,35)(H,34,41)(H,39,40)/t25?,26-,27-,28+,29-,31+/m1/s1. The maximum absolute atomic E-state index is 12.8. The van der Waals surface area contributed by atoms with E-state index in [1.165, 1.54) is 0 Å². The number of carbonyl (C=O) groups excluding carboxylic acids is 5. The number of carboxylic acids is 1. The molecule has 0 aromatic heterocycles. The van der Waals surface area contributed by atoms with Crippen molar-refractivity contribution in [3.63, 3.8) is 0 Å². The van der Waals surface area contributed by atoms with Gasteiger partial charge in [0, 0.05) is 33.6 Å². The van der Waals surface area contributed by atoms with Crippen LogP contribution in [0.3, 0.4) is 0 Å². The number of fused-ring (bicyclic) bond motifs is 3. The quantitative estimate of drug-likeness (QED) is 0.220. The minimum absolute atomic E-state index is 0.0666. The Kier molecular flexibility index (Phi) is 11.5. The number of esters is 3. The average molecular weight is 657 g/mol. The van der Waals surface area contributed by atoms with E-state index in [1.807, 2.05) is 48.5 Å². The summed E-state index contributed by atoms with van der Waals surface area (Å²) in [5, 5.41) is 14.6. The molecule has 0 spiro atoms. The van der Waals surface area contributed by atoms with Crippen LogP contribution in [0.2, 0.25) is 0 Å². The van der Waals surface area contributed by atoms with Crippen molar-refractivity contribution in [2.24, 2.45) is 0 Å². The van der Waals surface area contributed by atoms with Crippen LogP contribution in [0.5, 0.6) is 0 Å². The maximum Gasteiger partial charge on any atom is 0.407 e. The van der Waals surface area contributed by atoms with Crippen molar-refractivity contribution in [1.82, 2.24) is 10.6 Å². The molecule has 3 N–H and O–H groups in total. The van der Waals surface area contributed by atoms with E-state index in [1.54, 1.807) is 0 Å². The molecule has 1 aliphatic heterocycles.